The van der Waals surface area contributed by atoms with Crippen molar-refractivity contribution < 1.29 is 9.53 Å². The van der Waals surface area contributed by atoms with E-state index in [4.69, 9.17) is 10.5 Å². The summed E-state index contributed by atoms with van der Waals surface area (Å²) in [4.78, 5) is 14.7. The van der Waals surface area contributed by atoms with Crippen LogP contribution >= 0.6 is 0 Å². The molecule has 0 spiro atoms. The zero-order chi connectivity index (χ0) is 13.8. The summed E-state index contributed by atoms with van der Waals surface area (Å²) in [5, 5.41) is 0. The number of carbonyl (C=O) groups is 1. The Morgan fingerprint density at radius 2 is 2.22 bits per heavy atom. The number of ether oxygens (including phenoxy) is 1. The van der Waals surface area contributed by atoms with E-state index in [1.54, 1.807) is 0 Å². The van der Waals surface area contributed by atoms with Crippen LogP contribution in [0.3, 0.4) is 0 Å². The van der Waals surface area contributed by atoms with Crippen molar-refractivity contribution in [2.24, 2.45) is 11.1 Å². The number of unbranched alkanes of at least 4 members (excludes halogenated alkanes) is 1. The van der Waals surface area contributed by atoms with Crippen LogP contribution in [0.5, 0.6) is 0 Å². The van der Waals surface area contributed by atoms with Crippen LogP contribution in [0.1, 0.15) is 47.0 Å². The van der Waals surface area contributed by atoms with Crippen molar-refractivity contribution in [3.63, 3.8) is 0 Å². The van der Waals surface area contributed by atoms with Gasteiger partial charge in [-0.2, -0.15) is 0 Å². The smallest absolute Gasteiger partial charge is 0.232 e. The highest BCUT2D eigenvalue weighted by atomic mass is 16.5. The highest BCUT2D eigenvalue weighted by Crippen LogP contribution is 2.30. The van der Waals surface area contributed by atoms with Gasteiger partial charge >= 0.3 is 0 Å². The van der Waals surface area contributed by atoms with E-state index >= 15 is 0 Å². The Bertz CT molecular complexity index is 283. The molecule has 106 valence electrons. The second-order valence-corrected chi connectivity index (χ2v) is 5.65. The summed E-state index contributed by atoms with van der Waals surface area (Å²) in [5.74, 6) is 0.162. The lowest BCUT2D eigenvalue weighted by Gasteiger charge is -2.36. The van der Waals surface area contributed by atoms with Crippen LogP contribution in [0.2, 0.25) is 0 Å². The SMILES string of the molecule is CCCCN(C(=O)C1(C)COCC1N)C(C)CC. The van der Waals surface area contributed by atoms with Gasteiger partial charge in [0.05, 0.1) is 18.6 Å². The molecular formula is C14H28N2O2. The van der Waals surface area contributed by atoms with Gasteiger partial charge in [0.15, 0.2) is 0 Å². The molecule has 0 aromatic carbocycles. The molecule has 0 saturated carbocycles. The topological polar surface area (TPSA) is 55.6 Å². The van der Waals surface area contributed by atoms with E-state index in [9.17, 15) is 4.79 Å². The van der Waals surface area contributed by atoms with E-state index in [0.717, 1.165) is 25.8 Å². The fourth-order valence-electron chi connectivity index (χ4n) is 2.31. The van der Waals surface area contributed by atoms with Gasteiger partial charge < -0.3 is 15.4 Å². The van der Waals surface area contributed by atoms with Crippen molar-refractivity contribution in [1.29, 1.82) is 0 Å². The molecule has 3 unspecified atom stereocenters. The molecule has 0 aromatic rings. The van der Waals surface area contributed by atoms with Crippen molar-refractivity contribution in [3.05, 3.63) is 0 Å². The summed E-state index contributed by atoms with van der Waals surface area (Å²) in [6.45, 7) is 10.1. The number of rotatable bonds is 6. The first kappa shape index (κ1) is 15.4. The Hall–Kier alpha value is -0.610. The maximum Gasteiger partial charge on any atom is 0.232 e. The van der Waals surface area contributed by atoms with Crippen LogP contribution in [0.4, 0.5) is 0 Å². The monoisotopic (exact) mass is 256 g/mol. The van der Waals surface area contributed by atoms with Crippen molar-refractivity contribution in [3.8, 4) is 0 Å². The van der Waals surface area contributed by atoms with E-state index in [1.165, 1.54) is 0 Å². The van der Waals surface area contributed by atoms with E-state index in [0.29, 0.717) is 13.2 Å². The largest absolute Gasteiger partial charge is 0.379 e. The molecule has 1 fully saturated rings. The van der Waals surface area contributed by atoms with Gasteiger partial charge in [-0.1, -0.05) is 20.3 Å². The van der Waals surface area contributed by atoms with Gasteiger partial charge in [-0.25, -0.2) is 0 Å². The fourth-order valence-corrected chi connectivity index (χ4v) is 2.31. The second kappa shape index (κ2) is 6.53. The first-order chi connectivity index (χ1) is 8.47. The Morgan fingerprint density at radius 1 is 1.56 bits per heavy atom. The lowest BCUT2D eigenvalue weighted by molar-refractivity contribution is -0.144. The van der Waals surface area contributed by atoms with Gasteiger partial charge in [-0.3, -0.25) is 4.79 Å². The molecule has 18 heavy (non-hydrogen) atoms. The summed E-state index contributed by atoms with van der Waals surface area (Å²) in [6.07, 6.45) is 3.11. The number of hydrogen-bond acceptors (Lipinski definition) is 3. The number of carbonyl (C=O) groups excluding carboxylic acids is 1. The third-order valence-corrected chi connectivity index (χ3v) is 4.14. The third kappa shape index (κ3) is 3.04. The minimum Gasteiger partial charge on any atom is -0.379 e. The number of hydrogen-bond donors (Lipinski definition) is 1. The van der Waals surface area contributed by atoms with Crippen molar-refractivity contribution in [2.45, 2.75) is 59.0 Å². The van der Waals surface area contributed by atoms with Crippen LogP contribution in [0.25, 0.3) is 0 Å². The van der Waals surface area contributed by atoms with Crippen molar-refractivity contribution in [1.82, 2.24) is 4.90 Å². The molecule has 0 bridgehead atoms. The van der Waals surface area contributed by atoms with E-state index in [-0.39, 0.29) is 18.0 Å². The molecule has 0 aliphatic carbocycles. The Balaban J connectivity index is 2.80. The van der Waals surface area contributed by atoms with Gasteiger partial charge in [-0.05, 0) is 26.7 Å². The predicted octanol–water partition coefficient (Wildman–Crippen LogP) is 1.78. The second-order valence-electron chi connectivity index (χ2n) is 5.65. The Kier molecular flexibility index (Phi) is 5.60. The van der Waals surface area contributed by atoms with E-state index in [1.807, 2.05) is 11.8 Å². The summed E-state index contributed by atoms with van der Waals surface area (Å²) < 4.78 is 5.39. The normalized spacial score (nSPS) is 29.3. The average Bonchev–Trinajstić information content (AvgIpc) is 2.70. The highest BCUT2D eigenvalue weighted by molar-refractivity contribution is 5.84. The Labute approximate surface area is 111 Å². The molecule has 3 atom stereocenters. The summed E-state index contributed by atoms with van der Waals surface area (Å²) >= 11 is 0. The summed E-state index contributed by atoms with van der Waals surface area (Å²) in [7, 11) is 0. The van der Waals surface area contributed by atoms with Crippen LogP contribution in [-0.2, 0) is 9.53 Å². The van der Waals surface area contributed by atoms with E-state index < -0.39 is 5.41 Å². The van der Waals surface area contributed by atoms with Crippen molar-refractivity contribution in [2.75, 3.05) is 19.8 Å². The number of nitrogens with zero attached hydrogens (tertiary/aromatic N) is 1. The van der Waals surface area contributed by atoms with Crippen LogP contribution in [0.15, 0.2) is 0 Å². The maximum absolute atomic E-state index is 12.7. The molecule has 4 nitrogen and oxygen atoms in total. The van der Waals surface area contributed by atoms with Gasteiger partial charge in [0.25, 0.3) is 0 Å². The zero-order valence-electron chi connectivity index (χ0n) is 12.2. The molecule has 1 aliphatic heterocycles. The minimum atomic E-state index is -0.544. The maximum atomic E-state index is 12.7. The zero-order valence-corrected chi connectivity index (χ0v) is 12.2. The standard InChI is InChI=1S/C14H28N2O2/c1-5-7-8-16(11(3)6-2)13(17)14(4)10-18-9-12(14)15/h11-12H,5-10,15H2,1-4H3. The van der Waals surface area contributed by atoms with Crippen LogP contribution in [0, 0.1) is 5.41 Å². The van der Waals surface area contributed by atoms with E-state index in [2.05, 4.69) is 20.8 Å². The number of amides is 1. The molecule has 1 aliphatic rings. The van der Waals surface area contributed by atoms with Crippen molar-refractivity contribution >= 4 is 5.91 Å². The molecule has 1 heterocycles. The highest BCUT2D eigenvalue weighted by Gasteiger charge is 2.46. The lowest BCUT2D eigenvalue weighted by atomic mass is 9.83. The molecule has 0 aromatic heterocycles. The molecular weight excluding hydrogens is 228 g/mol. The molecule has 1 amide bonds. The number of nitrogens with two attached hydrogens (primary N) is 1. The first-order valence-electron chi connectivity index (χ1n) is 7.11. The average molecular weight is 256 g/mol. The Morgan fingerprint density at radius 3 is 2.67 bits per heavy atom. The molecule has 4 heteroatoms. The van der Waals surface area contributed by atoms with Gasteiger partial charge in [-0.15, -0.1) is 0 Å². The fraction of sp³-hybridized carbons (Fsp3) is 0.929. The van der Waals surface area contributed by atoms with Crippen LogP contribution in [-0.4, -0.2) is 42.6 Å². The van der Waals surface area contributed by atoms with Gasteiger partial charge in [0.1, 0.15) is 0 Å². The molecule has 1 rings (SSSR count). The lowest BCUT2D eigenvalue weighted by Crippen LogP contribution is -2.54. The van der Waals surface area contributed by atoms with Crippen LogP contribution < -0.4 is 5.73 Å². The van der Waals surface area contributed by atoms with Gasteiger partial charge in [0, 0.05) is 18.6 Å². The predicted molar refractivity (Wildman–Crippen MR) is 73.3 cm³/mol. The summed E-state index contributed by atoms with van der Waals surface area (Å²) in [6, 6.07) is 0.0897. The first-order valence-corrected chi connectivity index (χ1v) is 7.11. The third-order valence-electron chi connectivity index (χ3n) is 4.14. The summed E-state index contributed by atoms with van der Waals surface area (Å²) in [5.41, 5.74) is 5.51. The van der Waals surface area contributed by atoms with Gasteiger partial charge in [0.2, 0.25) is 5.91 Å². The minimum absolute atomic E-state index is 0.162. The quantitative estimate of drug-likeness (QED) is 0.788. The molecule has 1 saturated heterocycles. The molecule has 0 radical (unpaired) electrons. The molecule has 2 N–H and O–H groups in total.